The van der Waals surface area contributed by atoms with Crippen LogP contribution in [0, 0.1) is 0 Å². The van der Waals surface area contributed by atoms with Gasteiger partial charge in [-0.05, 0) is 23.8 Å². The molecule has 11 heteroatoms. The van der Waals surface area contributed by atoms with E-state index in [2.05, 4.69) is 19.9 Å². The summed E-state index contributed by atoms with van der Waals surface area (Å²) >= 11 is 0. The molecule has 0 unspecified atom stereocenters. The van der Waals surface area contributed by atoms with Crippen LogP contribution in [-0.2, 0) is 17.3 Å². The molecule has 0 aliphatic carbocycles. The average Bonchev–Trinajstić information content (AvgIpc) is 2.97. The molecule has 3 aromatic rings. The summed E-state index contributed by atoms with van der Waals surface area (Å²) in [5.74, 6) is -4.24. The minimum absolute atomic E-state index is 0.0386. The fraction of sp³-hybridized carbons (Fsp3) is 0.312. The molecule has 0 spiro atoms. The van der Waals surface area contributed by atoms with E-state index in [0.717, 1.165) is 16.5 Å². The van der Waals surface area contributed by atoms with Crippen LogP contribution in [-0.4, -0.2) is 33.1 Å². The molecule has 0 atom stereocenters. The number of methoxy groups -OCH3 is 1. The third-order valence-corrected chi connectivity index (χ3v) is 3.57. The van der Waals surface area contributed by atoms with Crippen molar-refractivity contribution in [1.82, 2.24) is 19.6 Å². The van der Waals surface area contributed by atoms with Gasteiger partial charge in [0, 0.05) is 25.8 Å². The SMILES string of the molecule is COCc1cc(OC(F)(F)F)ccc1-c1cn2c(C(C)(F)F)nnc2cn1. The lowest BCUT2D eigenvalue weighted by atomic mass is 10.0. The fourth-order valence-electron chi connectivity index (χ4n) is 2.53. The van der Waals surface area contributed by atoms with Gasteiger partial charge in [-0.1, -0.05) is 0 Å². The molecule has 0 saturated heterocycles. The van der Waals surface area contributed by atoms with Crippen LogP contribution >= 0.6 is 0 Å². The first-order chi connectivity index (χ1) is 12.6. The van der Waals surface area contributed by atoms with Crippen molar-refractivity contribution in [3.05, 3.63) is 42.0 Å². The molecule has 6 nitrogen and oxygen atoms in total. The van der Waals surface area contributed by atoms with Gasteiger partial charge in [0.25, 0.3) is 0 Å². The standard InChI is InChI=1S/C16H13F5N4O2/c1-15(17,18)14-24-23-13-6-22-12(7-25(13)14)11-4-3-10(27-16(19,20)21)5-9(11)8-26-2/h3-7H,8H2,1-2H3. The number of hydrogen-bond donors (Lipinski definition) is 0. The number of nitrogens with zero attached hydrogens (tertiary/aromatic N) is 4. The maximum Gasteiger partial charge on any atom is 0.573 e. The summed E-state index contributed by atoms with van der Waals surface area (Å²) in [6.07, 6.45) is -2.30. The van der Waals surface area contributed by atoms with Crippen LogP contribution in [0.2, 0.25) is 0 Å². The van der Waals surface area contributed by atoms with E-state index in [1.165, 1.54) is 25.6 Å². The third-order valence-electron chi connectivity index (χ3n) is 3.57. The van der Waals surface area contributed by atoms with E-state index in [0.29, 0.717) is 18.1 Å². The van der Waals surface area contributed by atoms with Gasteiger partial charge in [0.2, 0.25) is 5.82 Å². The normalized spacial score (nSPS) is 12.6. The first-order valence-electron chi connectivity index (χ1n) is 7.55. The van der Waals surface area contributed by atoms with Crippen molar-refractivity contribution in [3.8, 4) is 17.0 Å². The Morgan fingerprint density at radius 2 is 1.85 bits per heavy atom. The van der Waals surface area contributed by atoms with Crippen LogP contribution in [0.3, 0.4) is 0 Å². The van der Waals surface area contributed by atoms with Crippen molar-refractivity contribution in [3.63, 3.8) is 0 Å². The Balaban J connectivity index is 2.09. The summed E-state index contributed by atoms with van der Waals surface area (Å²) in [6.45, 7) is 0.645. The average molecular weight is 388 g/mol. The van der Waals surface area contributed by atoms with Crippen LogP contribution in [0.4, 0.5) is 22.0 Å². The Morgan fingerprint density at radius 1 is 1.11 bits per heavy atom. The first kappa shape index (κ1) is 19.0. The van der Waals surface area contributed by atoms with Crippen molar-refractivity contribution < 1.29 is 31.4 Å². The second-order valence-corrected chi connectivity index (χ2v) is 5.71. The lowest BCUT2D eigenvalue weighted by Gasteiger charge is -2.14. The summed E-state index contributed by atoms with van der Waals surface area (Å²) in [4.78, 5) is 4.13. The Bertz CT molecular complexity index is 966. The quantitative estimate of drug-likeness (QED) is 0.620. The molecular weight excluding hydrogens is 375 g/mol. The fourth-order valence-corrected chi connectivity index (χ4v) is 2.53. The molecule has 1 aromatic carbocycles. The highest BCUT2D eigenvalue weighted by Crippen LogP contribution is 2.31. The van der Waals surface area contributed by atoms with Crippen LogP contribution in [0.15, 0.2) is 30.6 Å². The van der Waals surface area contributed by atoms with Crippen molar-refractivity contribution in [2.24, 2.45) is 0 Å². The van der Waals surface area contributed by atoms with Crippen molar-refractivity contribution in [2.75, 3.05) is 7.11 Å². The molecule has 0 aliphatic rings. The van der Waals surface area contributed by atoms with Crippen molar-refractivity contribution in [1.29, 1.82) is 0 Å². The minimum Gasteiger partial charge on any atom is -0.406 e. The molecular formula is C16H13F5N4O2. The highest BCUT2D eigenvalue weighted by atomic mass is 19.4. The molecule has 0 radical (unpaired) electrons. The van der Waals surface area contributed by atoms with Gasteiger partial charge in [0.15, 0.2) is 5.65 Å². The van der Waals surface area contributed by atoms with E-state index in [1.807, 2.05) is 0 Å². The molecule has 0 saturated carbocycles. The van der Waals surface area contributed by atoms with Gasteiger partial charge < -0.3 is 9.47 Å². The lowest BCUT2D eigenvalue weighted by Crippen LogP contribution is -2.17. The number of aromatic nitrogens is 4. The Labute approximate surface area is 149 Å². The molecule has 0 bridgehead atoms. The summed E-state index contributed by atoms with van der Waals surface area (Å²) in [6, 6.07) is 3.60. The van der Waals surface area contributed by atoms with Gasteiger partial charge >= 0.3 is 12.3 Å². The molecule has 144 valence electrons. The maximum atomic E-state index is 13.7. The first-order valence-corrected chi connectivity index (χ1v) is 7.55. The zero-order valence-electron chi connectivity index (χ0n) is 14.1. The van der Waals surface area contributed by atoms with Gasteiger partial charge in [-0.25, -0.2) is 0 Å². The highest BCUT2D eigenvalue weighted by Gasteiger charge is 2.32. The zero-order chi connectivity index (χ0) is 19.8. The Morgan fingerprint density at radius 3 is 2.48 bits per heavy atom. The lowest BCUT2D eigenvalue weighted by molar-refractivity contribution is -0.274. The van der Waals surface area contributed by atoms with Crippen molar-refractivity contribution in [2.45, 2.75) is 25.8 Å². The second-order valence-electron chi connectivity index (χ2n) is 5.71. The number of ether oxygens (including phenoxy) is 2. The maximum absolute atomic E-state index is 13.7. The number of alkyl halides is 5. The summed E-state index contributed by atoms with van der Waals surface area (Å²) in [5.41, 5.74) is 1.08. The summed E-state index contributed by atoms with van der Waals surface area (Å²) < 4.78 is 74.6. The van der Waals surface area contributed by atoms with E-state index in [-0.39, 0.29) is 17.9 Å². The largest absolute Gasteiger partial charge is 0.573 e. The molecule has 2 aromatic heterocycles. The molecule has 2 heterocycles. The Kier molecular flexibility index (Phi) is 4.72. The smallest absolute Gasteiger partial charge is 0.406 e. The molecule has 0 aliphatic heterocycles. The van der Waals surface area contributed by atoms with Gasteiger partial charge in [0.1, 0.15) is 5.75 Å². The van der Waals surface area contributed by atoms with E-state index in [1.54, 1.807) is 0 Å². The van der Waals surface area contributed by atoms with Crippen LogP contribution < -0.4 is 4.74 Å². The van der Waals surface area contributed by atoms with E-state index in [9.17, 15) is 22.0 Å². The summed E-state index contributed by atoms with van der Waals surface area (Å²) in [7, 11) is 1.37. The topological polar surface area (TPSA) is 61.5 Å². The van der Waals surface area contributed by atoms with Crippen LogP contribution in [0.1, 0.15) is 18.3 Å². The predicted octanol–water partition coefficient (Wildman–Crippen LogP) is 3.95. The van der Waals surface area contributed by atoms with E-state index >= 15 is 0 Å². The number of rotatable bonds is 5. The molecule has 0 fully saturated rings. The molecule has 3 rings (SSSR count). The molecule has 0 amide bonds. The highest BCUT2D eigenvalue weighted by molar-refractivity contribution is 5.65. The summed E-state index contributed by atoms with van der Waals surface area (Å²) in [5, 5.41) is 7.10. The minimum atomic E-state index is -4.84. The number of halogens is 5. The zero-order valence-corrected chi connectivity index (χ0v) is 14.1. The van der Waals surface area contributed by atoms with Crippen molar-refractivity contribution >= 4 is 5.65 Å². The number of benzene rings is 1. The van der Waals surface area contributed by atoms with Gasteiger partial charge in [-0.2, -0.15) is 8.78 Å². The van der Waals surface area contributed by atoms with E-state index < -0.39 is 23.9 Å². The monoisotopic (exact) mass is 388 g/mol. The van der Waals surface area contributed by atoms with Crippen LogP contribution in [0.5, 0.6) is 5.75 Å². The number of fused-ring (bicyclic) bond motifs is 1. The van der Waals surface area contributed by atoms with Gasteiger partial charge in [0.05, 0.1) is 18.5 Å². The van der Waals surface area contributed by atoms with Gasteiger partial charge in [-0.15, -0.1) is 23.4 Å². The number of hydrogen-bond acceptors (Lipinski definition) is 5. The third kappa shape index (κ3) is 4.13. The van der Waals surface area contributed by atoms with Crippen LogP contribution in [0.25, 0.3) is 16.9 Å². The van der Waals surface area contributed by atoms with E-state index in [4.69, 9.17) is 4.74 Å². The molecule has 0 N–H and O–H groups in total. The second kappa shape index (κ2) is 6.72. The molecule has 27 heavy (non-hydrogen) atoms. The van der Waals surface area contributed by atoms with Gasteiger partial charge in [-0.3, -0.25) is 9.38 Å². The Hall–Kier alpha value is -2.82. The predicted molar refractivity (Wildman–Crippen MR) is 83.2 cm³/mol.